The van der Waals surface area contributed by atoms with Crippen LogP contribution in [0.3, 0.4) is 0 Å². The Morgan fingerprint density at radius 2 is 1.93 bits per heavy atom. The smallest absolute Gasteiger partial charge is 0.263 e. The molecule has 5 rings (SSSR count). The molecule has 0 fully saturated rings. The zero-order valence-corrected chi connectivity index (χ0v) is 16.5. The number of carbonyl (C=O) groups excluding carboxylic acids is 1. The van der Waals surface area contributed by atoms with E-state index in [0.29, 0.717) is 15.8 Å². The predicted molar refractivity (Wildman–Crippen MR) is 117 cm³/mol. The van der Waals surface area contributed by atoms with Crippen molar-refractivity contribution in [3.63, 3.8) is 0 Å². The van der Waals surface area contributed by atoms with Gasteiger partial charge in [-0.25, -0.2) is 4.98 Å². The first kappa shape index (κ1) is 17.6. The molecule has 0 radical (unpaired) electrons. The van der Waals surface area contributed by atoms with E-state index in [-0.39, 0.29) is 17.9 Å². The topological polar surface area (TPSA) is 67.8 Å². The molecule has 0 spiro atoms. The Balaban J connectivity index is 1.56. The van der Waals surface area contributed by atoms with Crippen LogP contribution in [0.4, 0.5) is 0 Å². The zero-order chi connectivity index (χ0) is 20.0. The van der Waals surface area contributed by atoms with Crippen molar-refractivity contribution in [2.75, 3.05) is 0 Å². The van der Waals surface area contributed by atoms with Crippen molar-refractivity contribution in [2.24, 2.45) is 0 Å². The fourth-order valence-corrected chi connectivity index (χ4v) is 4.47. The Morgan fingerprint density at radius 1 is 1.14 bits per heavy atom. The number of H-pyrrole nitrogens is 1. The molecule has 5 aromatic rings. The second-order valence-corrected chi connectivity index (χ2v) is 7.90. The summed E-state index contributed by atoms with van der Waals surface area (Å²) in [7, 11) is 0. The summed E-state index contributed by atoms with van der Waals surface area (Å²) in [5.41, 5.74) is 4.28. The van der Waals surface area contributed by atoms with Crippen molar-refractivity contribution in [3.8, 4) is 11.1 Å². The minimum Gasteiger partial charge on any atom is -0.360 e. The number of hydrogen-bond acceptors (Lipinski definition) is 4. The fraction of sp³-hybridized carbons (Fsp3) is 0.0870. The number of rotatable bonds is 4. The Morgan fingerprint density at radius 3 is 2.76 bits per heavy atom. The van der Waals surface area contributed by atoms with Crippen LogP contribution in [-0.2, 0) is 6.54 Å². The number of nitrogens with one attached hydrogen (secondary N) is 1. The number of Topliss-reactive ketones (excluding diaryl/α,β-unsaturated/α-hetero) is 1. The quantitative estimate of drug-likeness (QED) is 0.442. The highest BCUT2D eigenvalue weighted by molar-refractivity contribution is 7.17. The molecule has 0 atom stereocenters. The van der Waals surface area contributed by atoms with E-state index >= 15 is 0 Å². The van der Waals surface area contributed by atoms with Crippen LogP contribution in [0, 0.1) is 6.92 Å². The number of thiophene rings is 1. The van der Waals surface area contributed by atoms with Gasteiger partial charge in [0, 0.05) is 33.6 Å². The number of aromatic nitrogens is 3. The summed E-state index contributed by atoms with van der Waals surface area (Å²) in [6.07, 6.45) is 3.17. The Bertz CT molecular complexity index is 1420. The number of benzene rings is 2. The average molecular weight is 399 g/mol. The molecule has 0 saturated carbocycles. The predicted octanol–water partition coefficient (Wildman–Crippen LogP) is 4.80. The zero-order valence-electron chi connectivity index (χ0n) is 15.7. The molecule has 5 nitrogen and oxygen atoms in total. The van der Waals surface area contributed by atoms with Gasteiger partial charge in [0.2, 0.25) is 0 Å². The van der Waals surface area contributed by atoms with Gasteiger partial charge in [-0.15, -0.1) is 11.3 Å². The van der Waals surface area contributed by atoms with E-state index in [4.69, 9.17) is 0 Å². The van der Waals surface area contributed by atoms with Gasteiger partial charge in [-0.05, 0) is 18.6 Å². The van der Waals surface area contributed by atoms with Crippen molar-refractivity contribution >= 4 is 38.2 Å². The first-order valence-corrected chi connectivity index (χ1v) is 10.1. The molecule has 1 N–H and O–H groups in total. The highest BCUT2D eigenvalue weighted by atomic mass is 32.1. The van der Waals surface area contributed by atoms with E-state index in [0.717, 1.165) is 27.6 Å². The van der Waals surface area contributed by atoms with Crippen molar-refractivity contribution in [1.29, 1.82) is 0 Å². The molecule has 0 amide bonds. The third kappa shape index (κ3) is 2.98. The molecule has 29 heavy (non-hydrogen) atoms. The number of ketones is 1. The van der Waals surface area contributed by atoms with Gasteiger partial charge in [0.05, 0.1) is 18.3 Å². The molecule has 0 saturated heterocycles. The van der Waals surface area contributed by atoms with Crippen LogP contribution in [0.1, 0.15) is 15.9 Å². The molecule has 0 aliphatic carbocycles. The number of fused-ring (bicyclic) bond motifs is 2. The molecule has 2 aromatic carbocycles. The lowest BCUT2D eigenvalue weighted by molar-refractivity contribution is 0.0972. The molecule has 0 aliphatic heterocycles. The number of nitrogens with zero attached hydrogens (tertiary/aromatic N) is 2. The molecule has 0 bridgehead atoms. The number of aromatic amines is 1. The maximum atomic E-state index is 13.2. The summed E-state index contributed by atoms with van der Waals surface area (Å²) in [5.74, 6) is -0.127. The van der Waals surface area contributed by atoms with Gasteiger partial charge in [-0.1, -0.05) is 48.0 Å². The third-order valence-electron chi connectivity index (χ3n) is 5.13. The molecular weight excluding hydrogens is 382 g/mol. The van der Waals surface area contributed by atoms with Crippen LogP contribution in [-0.4, -0.2) is 20.3 Å². The molecule has 0 aliphatic rings. The SMILES string of the molecule is Cc1ccc(-c2csc3ncn(CC(=O)c4c[nH]c5ccccc45)c(=O)c23)cc1. The minimum atomic E-state index is -0.194. The number of aryl methyl sites for hydroxylation is 1. The van der Waals surface area contributed by atoms with Crippen LogP contribution in [0.2, 0.25) is 0 Å². The molecular formula is C23H17N3O2S. The van der Waals surface area contributed by atoms with E-state index in [2.05, 4.69) is 9.97 Å². The van der Waals surface area contributed by atoms with Crippen LogP contribution in [0.5, 0.6) is 0 Å². The Hall–Kier alpha value is -3.51. The molecule has 6 heteroatoms. The number of para-hydroxylation sites is 1. The van der Waals surface area contributed by atoms with E-state index < -0.39 is 0 Å². The van der Waals surface area contributed by atoms with E-state index in [9.17, 15) is 9.59 Å². The summed E-state index contributed by atoms with van der Waals surface area (Å²) in [5, 5.41) is 3.37. The van der Waals surface area contributed by atoms with Crippen molar-refractivity contribution in [3.05, 3.63) is 87.9 Å². The lowest BCUT2D eigenvalue weighted by atomic mass is 10.0. The van der Waals surface area contributed by atoms with Gasteiger partial charge in [-0.3, -0.25) is 14.2 Å². The summed E-state index contributed by atoms with van der Waals surface area (Å²) in [6.45, 7) is 1.98. The highest BCUT2D eigenvalue weighted by Crippen LogP contribution is 2.30. The van der Waals surface area contributed by atoms with E-state index in [1.807, 2.05) is 60.8 Å². The van der Waals surface area contributed by atoms with E-state index in [1.165, 1.54) is 22.2 Å². The van der Waals surface area contributed by atoms with Crippen LogP contribution >= 0.6 is 11.3 Å². The molecule has 3 heterocycles. The van der Waals surface area contributed by atoms with Crippen molar-refractivity contribution < 1.29 is 4.79 Å². The monoisotopic (exact) mass is 399 g/mol. The van der Waals surface area contributed by atoms with Crippen LogP contribution < -0.4 is 5.56 Å². The first-order valence-electron chi connectivity index (χ1n) is 9.25. The summed E-state index contributed by atoms with van der Waals surface area (Å²) in [4.78, 5) is 34.3. The van der Waals surface area contributed by atoms with Gasteiger partial charge < -0.3 is 4.98 Å². The van der Waals surface area contributed by atoms with Gasteiger partial charge in [0.15, 0.2) is 5.78 Å². The highest BCUT2D eigenvalue weighted by Gasteiger charge is 2.17. The standard InChI is InChI=1S/C23H17N3O2S/c1-14-6-8-15(9-7-14)18-12-29-22-21(18)23(28)26(13-25-22)11-20(27)17-10-24-19-5-3-2-4-16(17)19/h2-10,12-13,24H,11H2,1H3. The maximum absolute atomic E-state index is 13.2. The normalized spacial score (nSPS) is 11.3. The Labute approximate surface area is 170 Å². The van der Waals surface area contributed by atoms with E-state index in [1.54, 1.807) is 6.20 Å². The van der Waals surface area contributed by atoms with Crippen LogP contribution in [0.25, 0.3) is 32.2 Å². The van der Waals surface area contributed by atoms with Crippen molar-refractivity contribution in [2.45, 2.75) is 13.5 Å². The van der Waals surface area contributed by atoms with Crippen molar-refractivity contribution in [1.82, 2.24) is 14.5 Å². The number of hydrogen-bond donors (Lipinski definition) is 1. The average Bonchev–Trinajstić information content (AvgIpc) is 3.35. The molecule has 3 aromatic heterocycles. The molecule has 0 unspecified atom stereocenters. The van der Waals surface area contributed by atoms with Gasteiger partial charge in [-0.2, -0.15) is 0 Å². The minimum absolute atomic E-state index is 0.0488. The van der Waals surface area contributed by atoms with Gasteiger partial charge in [0.25, 0.3) is 5.56 Å². The lowest BCUT2D eigenvalue weighted by Crippen LogP contribution is -2.24. The second kappa shape index (κ2) is 6.83. The van der Waals surface area contributed by atoms with Gasteiger partial charge in [0.1, 0.15) is 4.83 Å². The first-order chi connectivity index (χ1) is 14.1. The summed E-state index contributed by atoms with van der Waals surface area (Å²) >= 11 is 1.44. The third-order valence-corrected chi connectivity index (χ3v) is 6.01. The largest absolute Gasteiger partial charge is 0.360 e. The summed E-state index contributed by atoms with van der Waals surface area (Å²) in [6, 6.07) is 15.7. The second-order valence-electron chi connectivity index (χ2n) is 7.04. The van der Waals surface area contributed by atoms with Gasteiger partial charge >= 0.3 is 0 Å². The Kier molecular flexibility index (Phi) is 4.14. The maximum Gasteiger partial charge on any atom is 0.263 e. The summed E-state index contributed by atoms with van der Waals surface area (Å²) < 4.78 is 1.40. The fourth-order valence-electron chi connectivity index (χ4n) is 3.57. The number of carbonyl (C=O) groups is 1. The lowest BCUT2D eigenvalue weighted by Gasteiger charge is -2.06. The molecule has 142 valence electrons. The van der Waals surface area contributed by atoms with Crippen LogP contribution in [0.15, 0.2) is 71.2 Å².